The van der Waals surface area contributed by atoms with Gasteiger partial charge in [0.15, 0.2) is 0 Å². The Hall–Kier alpha value is 0.670. The summed E-state index contributed by atoms with van der Waals surface area (Å²) in [5.74, 6) is -5.98. The molecule has 0 rings (SSSR count). The maximum absolute atomic E-state index is 10.1. The molecule has 0 spiro atoms. The normalized spacial score (nSPS) is 7.10. The molecule has 0 unspecified atom stereocenters. The van der Waals surface area contributed by atoms with Gasteiger partial charge in [-0.25, -0.2) is 10.8 Å². The summed E-state index contributed by atoms with van der Waals surface area (Å²) >= 11 is 0. The van der Waals surface area contributed by atoms with Gasteiger partial charge in [-0.05, 0) is 0 Å². The number of carbonyl (C=O) groups excluding carboxylic acids is 3. The molecule has 0 aliphatic rings. The number of nitrogens with one attached hydrogen (secondary N) is 2. The largest absolute Gasteiger partial charge is 1.00 e. The molecule has 0 aromatic rings. The van der Waals surface area contributed by atoms with Crippen LogP contribution >= 0.6 is 0 Å². The summed E-state index contributed by atoms with van der Waals surface area (Å²) in [6.07, 6.45) is -2.72. The van der Waals surface area contributed by atoms with E-state index < -0.39 is 36.4 Å². The van der Waals surface area contributed by atoms with Crippen molar-refractivity contribution in [1.82, 2.24) is 0 Å². The smallest absolute Gasteiger partial charge is 0.550 e. The van der Waals surface area contributed by atoms with Crippen LogP contribution in [-0.2, 0) is 14.4 Å². The molecule has 0 aliphatic carbocycles. The van der Waals surface area contributed by atoms with Gasteiger partial charge < -0.3 is 45.8 Å². The van der Waals surface area contributed by atoms with E-state index in [1.807, 2.05) is 0 Å². The third kappa shape index (κ3) is 25.9. The number of aliphatic hydroxyl groups is 1. The number of hydrogen-bond acceptors (Lipinski definition) is 9. The maximum atomic E-state index is 10.1. The molecule has 21 heavy (non-hydrogen) atoms. The summed E-state index contributed by atoms with van der Waals surface area (Å²) < 4.78 is 0. The molecule has 0 saturated heterocycles. The van der Waals surface area contributed by atoms with E-state index in [0.29, 0.717) is 0 Å². The number of aliphatic carboxylic acids is 3. The molecule has 0 aromatic carbocycles. The Morgan fingerprint density at radius 1 is 0.905 bits per heavy atom. The molecule has 14 heteroatoms. The van der Waals surface area contributed by atoms with E-state index in [2.05, 4.69) is 0 Å². The Morgan fingerprint density at radius 2 is 1.10 bits per heavy atom. The molecular weight excluding hydrogens is 325 g/mol. The fourth-order valence-electron chi connectivity index (χ4n) is 0.684. The fourth-order valence-corrected chi connectivity index (χ4v) is 0.684. The second-order valence-electron chi connectivity index (χ2n) is 2.54. The van der Waals surface area contributed by atoms with Crippen LogP contribution in [0, 0.1) is 10.8 Å². The van der Waals surface area contributed by atoms with Gasteiger partial charge in [0.1, 0.15) is 5.60 Å². The van der Waals surface area contributed by atoms with Crippen LogP contribution in [0.3, 0.4) is 0 Å². The number of carboxylic acid groups (broad SMARTS) is 3. The van der Waals surface area contributed by atoms with Gasteiger partial charge in [0.2, 0.25) is 0 Å². The Balaban J connectivity index is -0.0000000451. The topological polar surface area (TPSA) is 251 Å². The van der Waals surface area contributed by atoms with Crippen LogP contribution in [-0.4, -0.2) is 45.6 Å². The molecule has 0 saturated carbocycles. The van der Waals surface area contributed by atoms with Gasteiger partial charge in [-0.3, -0.25) is 0 Å². The van der Waals surface area contributed by atoms with Crippen LogP contribution in [0.25, 0.3) is 0 Å². The van der Waals surface area contributed by atoms with Gasteiger partial charge in [0.25, 0.3) is 0 Å². The first-order chi connectivity index (χ1) is 7.19. The van der Waals surface area contributed by atoms with Crippen molar-refractivity contribution < 1.29 is 134 Å². The molecule has 7 N–H and O–H groups in total. The number of hydrogen-bond donors (Lipinski definition) is 3. The summed E-state index contributed by atoms with van der Waals surface area (Å²) in [5.41, 5.74) is -2.97. The van der Waals surface area contributed by atoms with Crippen LogP contribution in [0.2, 0.25) is 0 Å². The van der Waals surface area contributed by atoms with Crippen molar-refractivity contribution in [2.45, 2.75) is 18.4 Å². The molecule has 0 heterocycles. The van der Waals surface area contributed by atoms with Gasteiger partial charge >= 0.3 is 88.7 Å². The Morgan fingerprint density at radius 3 is 1.19 bits per heavy atom. The van der Waals surface area contributed by atoms with Gasteiger partial charge in [-0.15, -0.1) is 0 Å². The standard InChI is InChI=1S/C6H8O7.CH2N2.3Na.2H2O/c7-3(8)1-6(13,5(11)12)2-4(9)10;2-1-3;;;;;/h13H,1-2H2,(H,7,8)(H,9,10)(H,11,12);2-3H;;;;2*1H2/q;;3*+1;;/p-3. The van der Waals surface area contributed by atoms with Crippen LogP contribution < -0.4 is 104 Å². The average Bonchev–Trinajstić information content (AvgIpc) is 2.01. The summed E-state index contributed by atoms with van der Waals surface area (Å²) in [6, 6.07) is 1.25. The first-order valence-electron chi connectivity index (χ1n) is 3.61. The minimum Gasteiger partial charge on any atom is -0.550 e. The molecule has 0 radical (unpaired) electrons. The zero-order valence-electron chi connectivity index (χ0n) is 11.8. The van der Waals surface area contributed by atoms with Crippen molar-refractivity contribution in [3.8, 4) is 0 Å². The molecule has 0 aromatic heterocycles. The van der Waals surface area contributed by atoms with E-state index in [4.69, 9.17) is 15.9 Å². The molecule has 0 fully saturated rings. The molecule has 0 bridgehead atoms. The maximum Gasteiger partial charge on any atom is 1.00 e. The molecule has 0 atom stereocenters. The third-order valence-corrected chi connectivity index (χ3v) is 1.25. The number of rotatable bonds is 5. The number of carboxylic acids is 3. The Bertz CT molecular complexity index is 317. The van der Waals surface area contributed by atoms with E-state index >= 15 is 0 Å². The van der Waals surface area contributed by atoms with Gasteiger partial charge in [0.05, 0.1) is 12.0 Å². The molecule has 0 amide bonds. The summed E-state index contributed by atoms with van der Waals surface area (Å²) in [4.78, 5) is 30.0. The van der Waals surface area contributed by atoms with Gasteiger partial charge in [0, 0.05) is 24.8 Å². The van der Waals surface area contributed by atoms with Gasteiger partial charge in [-0.1, -0.05) is 0 Å². The van der Waals surface area contributed by atoms with Crippen molar-refractivity contribution in [2.75, 3.05) is 0 Å². The van der Waals surface area contributed by atoms with Crippen molar-refractivity contribution in [3.05, 3.63) is 0 Å². The molecule has 11 nitrogen and oxygen atoms in total. The van der Waals surface area contributed by atoms with Crippen molar-refractivity contribution >= 4 is 23.9 Å². The zero-order chi connectivity index (χ0) is 13.4. The quantitative estimate of drug-likeness (QED) is 0.322. The van der Waals surface area contributed by atoms with Crippen molar-refractivity contribution in [3.63, 3.8) is 0 Å². The fraction of sp³-hybridized carbons (Fsp3) is 0.429. The molecule has 0 aliphatic heterocycles. The monoisotopic (exact) mass is 336 g/mol. The first kappa shape index (κ1) is 43.0. The second-order valence-corrected chi connectivity index (χ2v) is 2.54. The average molecular weight is 336 g/mol. The van der Waals surface area contributed by atoms with Crippen LogP contribution in [0.1, 0.15) is 12.8 Å². The second kappa shape index (κ2) is 22.9. The minimum absolute atomic E-state index is 0. The number of carbonyl (C=O) groups is 3. The zero-order valence-corrected chi connectivity index (χ0v) is 17.8. The predicted molar refractivity (Wildman–Crippen MR) is 46.9 cm³/mol. The summed E-state index contributed by atoms with van der Waals surface area (Å²) in [5, 5.41) is 50.2. The Labute approximate surface area is 185 Å². The van der Waals surface area contributed by atoms with Crippen molar-refractivity contribution in [1.29, 1.82) is 10.8 Å². The molecule has 106 valence electrons. The van der Waals surface area contributed by atoms with Crippen LogP contribution in [0.5, 0.6) is 0 Å². The van der Waals surface area contributed by atoms with Crippen molar-refractivity contribution in [2.24, 2.45) is 0 Å². The van der Waals surface area contributed by atoms with Crippen LogP contribution in [0.4, 0.5) is 0 Å². The molecular formula is C7H11N2Na3O9. The summed E-state index contributed by atoms with van der Waals surface area (Å²) in [7, 11) is 0. The third-order valence-electron chi connectivity index (χ3n) is 1.25. The van der Waals surface area contributed by atoms with E-state index in [0.717, 1.165) is 0 Å². The van der Waals surface area contributed by atoms with E-state index in [1.54, 1.807) is 0 Å². The SMILES string of the molecule is N=C=N.O.O.O=C([O-])CC(O)(CC(=O)[O-])C(=O)[O-].[Na+].[Na+].[Na+]. The van der Waals surface area contributed by atoms with E-state index in [9.17, 15) is 29.7 Å². The van der Waals surface area contributed by atoms with Crippen LogP contribution in [0.15, 0.2) is 0 Å². The Kier molecular flexibility index (Phi) is 47.0. The van der Waals surface area contributed by atoms with E-state index in [1.165, 1.54) is 6.01 Å². The first-order valence-corrected chi connectivity index (χ1v) is 3.61. The summed E-state index contributed by atoms with van der Waals surface area (Å²) in [6.45, 7) is 0. The van der Waals surface area contributed by atoms with E-state index in [-0.39, 0.29) is 99.6 Å². The predicted octanol–water partition coefficient (Wildman–Crippen LogP) is -15.6. The van der Waals surface area contributed by atoms with Gasteiger partial charge in [-0.2, -0.15) is 0 Å². The minimum atomic E-state index is -2.97.